The lowest BCUT2D eigenvalue weighted by Gasteiger charge is -2.38. The summed E-state index contributed by atoms with van der Waals surface area (Å²) in [5.74, 6) is 0.955. The molecule has 1 aromatic rings. The topological polar surface area (TPSA) is 84.7 Å². The minimum absolute atomic E-state index is 0.103. The van der Waals surface area contributed by atoms with E-state index in [0.717, 1.165) is 30.7 Å². The van der Waals surface area contributed by atoms with E-state index in [1.54, 1.807) is 7.11 Å². The van der Waals surface area contributed by atoms with Crippen molar-refractivity contribution in [1.82, 2.24) is 10.2 Å². The van der Waals surface area contributed by atoms with E-state index < -0.39 is 6.03 Å². The van der Waals surface area contributed by atoms with Crippen LogP contribution in [0.3, 0.4) is 0 Å². The lowest BCUT2D eigenvalue weighted by Crippen LogP contribution is -2.46. The molecule has 1 saturated heterocycles. The van der Waals surface area contributed by atoms with Crippen LogP contribution in [0.15, 0.2) is 24.3 Å². The molecule has 0 unspecified atom stereocenters. The molecule has 3 amide bonds. The molecular formula is C16H23N3O3. The molecule has 0 saturated carbocycles. The van der Waals surface area contributed by atoms with Crippen molar-refractivity contribution >= 4 is 11.9 Å². The number of amides is 3. The zero-order valence-corrected chi connectivity index (χ0v) is 13.0. The quantitative estimate of drug-likeness (QED) is 0.886. The Morgan fingerprint density at radius 3 is 2.77 bits per heavy atom. The number of likely N-dealkylation sites (tertiary alicyclic amines) is 1. The van der Waals surface area contributed by atoms with Crippen molar-refractivity contribution in [3.05, 3.63) is 29.8 Å². The Morgan fingerprint density at radius 2 is 2.09 bits per heavy atom. The van der Waals surface area contributed by atoms with Crippen molar-refractivity contribution in [3.63, 3.8) is 0 Å². The van der Waals surface area contributed by atoms with Gasteiger partial charge >= 0.3 is 6.03 Å². The van der Waals surface area contributed by atoms with Gasteiger partial charge in [0.1, 0.15) is 5.75 Å². The van der Waals surface area contributed by atoms with Crippen molar-refractivity contribution in [3.8, 4) is 5.75 Å². The zero-order chi connectivity index (χ0) is 16.1. The van der Waals surface area contributed by atoms with E-state index in [0.29, 0.717) is 5.92 Å². The number of carbonyl (C=O) groups is 2. The van der Waals surface area contributed by atoms with Crippen LogP contribution in [0.25, 0.3) is 0 Å². The van der Waals surface area contributed by atoms with Crippen LogP contribution in [0.2, 0.25) is 0 Å². The van der Waals surface area contributed by atoms with Gasteiger partial charge in [0.15, 0.2) is 0 Å². The fraction of sp³-hybridized carbons (Fsp3) is 0.500. The summed E-state index contributed by atoms with van der Waals surface area (Å²) in [5.41, 5.74) is 6.08. The number of carbonyl (C=O) groups excluding carboxylic acids is 2. The highest BCUT2D eigenvalue weighted by atomic mass is 16.5. The first-order valence-corrected chi connectivity index (χ1v) is 7.47. The molecule has 1 aliphatic heterocycles. The number of nitrogens with two attached hydrogens (primary N) is 1. The molecule has 1 fully saturated rings. The number of urea groups is 1. The third-order valence-electron chi connectivity index (χ3n) is 4.03. The first-order valence-electron chi connectivity index (χ1n) is 7.47. The van der Waals surface area contributed by atoms with Crippen molar-refractivity contribution < 1.29 is 14.3 Å². The summed E-state index contributed by atoms with van der Waals surface area (Å²) in [6.45, 7) is 3.11. The van der Waals surface area contributed by atoms with E-state index in [1.165, 1.54) is 0 Å². The molecular weight excluding hydrogens is 282 g/mol. The molecule has 3 N–H and O–H groups in total. The number of ether oxygens (including phenoxy) is 1. The van der Waals surface area contributed by atoms with Crippen LogP contribution in [0, 0.1) is 5.92 Å². The Balaban J connectivity index is 2.19. The molecule has 0 spiro atoms. The smallest absolute Gasteiger partial charge is 0.318 e. The molecule has 1 aliphatic rings. The molecule has 2 rings (SSSR count). The number of hydrogen-bond donors (Lipinski definition) is 2. The second-order valence-corrected chi connectivity index (χ2v) is 5.78. The molecule has 6 nitrogen and oxygen atoms in total. The lowest BCUT2D eigenvalue weighted by molar-refractivity contribution is -0.122. The maximum absolute atomic E-state index is 11.9. The average Bonchev–Trinajstić information content (AvgIpc) is 2.46. The van der Waals surface area contributed by atoms with Gasteiger partial charge in [0.2, 0.25) is 5.91 Å². The monoisotopic (exact) mass is 305 g/mol. The Morgan fingerprint density at radius 1 is 1.36 bits per heavy atom. The Labute approximate surface area is 130 Å². The van der Waals surface area contributed by atoms with Crippen molar-refractivity contribution in [2.24, 2.45) is 11.7 Å². The van der Waals surface area contributed by atoms with Crippen molar-refractivity contribution in [1.29, 1.82) is 0 Å². The van der Waals surface area contributed by atoms with E-state index in [2.05, 4.69) is 17.1 Å². The highest BCUT2D eigenvalue weighted by Crippen LogP contribution is 2.37. The highest BCUT2D eigenvalue weighted by molar-refractivity contribution is 5.94. The van der Waals surface area contributed by atoms with Gasteiger partial charge in [0.25, 0.3) is 0 Å². The van der Waals surface area contributed by atoms with Crippen LogP contribution in [0.4, 0.5) is 4.79 Å². The minimum Gasteiger partial charge on any atom is -0.496 e. The summed E-state index contributed by atoms with van der Waals surface area (Å²) in [7, 11) is 1.65. The fourth-order valence-electron chi connectivity index (χ4n) is 3.07. The summed E-state index contributed by atoms with van der Waals surface area (Å²) in [4.78, 5) is 24.8. The highest BCUT2D eigenvalue weighted by Gasteiger charge is 2.30. The number of hydrogen-bond acceptors (Lipinski definition) is 4. The first-order chi connectivity index (χ1) is 10.5. The Hall–Kier alpha value is -2.08. The standard InChI is InChI=1S/C16H23N3O3/c1-11-7-8-13(12-5-3-4-6-14(12)22-2)19(9-11)10-15(20)18-16(17)21/h3-6,11,13H,7-10H2,1-2H3,(H3,17,18,20,21)/t11-,13-/m1/s1. The number of methoxy groups -OCH3 is 1. The summed E-state index contributed by atoms with van der Waals surface area (Å²) in [6.07, 6.45) is 2.04. The average molecular weight is 305 g/mol. The third-order valence-corrected chi connectivity index (χ3v) is 4.03. The molecule has 0 aromatic heterocycles. The number of nitrogens with zero attached hydrogens (tertiary/aromatic N) is 1. The van der Waals surface area contributed by atoms with Gasteiger partial charge in [-0.15, -0.1) is 0 Å². The van der Waals surface area contributed by atoms with E-state index in [9.17, 15) is 9.59 Å². The minimum atomic E-state index is -0.816. The normalized spacial score (nSPS) is 22.1. The summed E-state index contributed by atoms with van der Waals surface area (Å²) >= 11 is 0. The Bertz CT molecular complexity index is 547. The molecule has 6 heteroatoms. The summed E-state index contributed by atoms with van der Waals surface area (Å²) in [6, 6.07) is 7.14. The van der Waals surface area contributed by atoms with E-state index in [1.807, 2.05) is 24.3 Å². The number of primary amides is 1. The second-order valence-electron chi connectivity index (χ2n) is 5.78. The molecule has 0 bridgehead atoms. The number of piperidine rings is 1. The molecule has 1 aromatic carbocycles. The van der Waals surface area contributed by atoms with Crippen molar-refractivity contribution in [2.45, 2.75) is 25.8 Å². The van der Waals surface area contributed by atoms with Gasteiger partial charge in [-0.3, -0.25) is 15.0 Å². The van der Waals surface area contributed by atoms with Crippen LogP contribution in [0.1, 0.15) is 31.4 Å². The molecule has 1 heterocycles. The molecule has 22 heavy (non-hydrogen) atoms. The third kappa shape index (κ3) is 3.98. The number of nitrogens with one attached hydrogen (secondary N) is 1. The maximum atomic E-state index is 11.9. The number of imide groups is 1. The second kappa shape index (κ2) is 7.26. The predicted molar refractivity (Wildman–Crippen MR) is 83.4 cm³/mol. The molecule has 2 atom stereocenters. The van der Waals surface area contributed by atoms with E-state index in [-0.39, 0.29) is 18.5 Å². The van der Waals surface area contributed by atoms with Crippen LogP contribution < -0.4 is 15.8 Å². The summed E-state index contributed by atoms with van der Waals surface area (Å²) < 4.78 is 5.44. The molecule has 0 radical (unpaired) electrons. The van der Waals surface area contributed by atoms with Crippen LogP contribution >= 0.6 is 0 Å². The van der Waals surface area contributed by atoms with Crippen LogP contribution in [-0.4, -0.2) is 37.0 Å². The van der Waals surface area contributed by atoms with Gasteiger partial charge in [-0.1, -0.05) is 25.1 Å². The fourth-order valence-corrected chi connectivity index (χ4v) is 3.07. The lowest BCUT2D eigenvalue weighted by atomic mass is 9.89. The van der Waals surface area contributed by atoms with Gasteiger partial charge < -0.3 is 10.5 Å². The largest absolute Gasteiger partial charge is 0.496 e. The first kappa shape index (κ1) is 16.3. The van der Waals surface area contributed by atoms with Gasteiger partial charge in [0, 0.05) is 18.2 Å². The summed E-state index contributed by atoms with van der Waals surface area (Å²) in [5, 5.41) is 2.13. The van der Waals surface area contributed by atoms with Crippen LogP contribution in [-0.2, 0) is 4.79 Å². The SMILES string of the molecule is COc1ccccc1[C@H]1CC[C@@H](C)CN1CC(=O)NC(N)=O. The number of para-hydroxylation sites is 1. The number of rotatable bonds is 4. The zero-order valence-electron chi connectivity index (χ0n) is 13.0. The predicted octanol–water partition coefficient (Wildman–Crippen LogP) is 1.66. The van der Waals surface area contributed by atoms with E-state index in [4.69, 9.17) is 10.5 Å². The maximum Gasteiger partial charge on any atom is 0.318 e. The molecule has 120 valence electrons. The number of benzene rings is 1. The molecule has 0 aliphatic carbocycles. The van der Waals surface area contributed by atoms with Gasteiger partial charge in [-0.25, -0.2) is 4.79 Å². The van der Waals surface area contributed by atoms with Crippen LogP contribution in [0.5, 0.6) is 5.75 Å². The van der Waals surface area contributed by atoms with Gasteiger partial charge in [-0.2, -0.15) is 0 Å². The van der Waals surface area contributed by atoms with Gasteiger partial charge in [-0.05, 0) is 24.8 Å². The Kier molecular flexibility index (Phi) is 5.38. The van der Waals surface area contributed by atoms with Crippen molar-refractivity contribution in [2.75, 3.05) is 20.2 Å². The van der Waals surface area contributed by atoms with E-state index >= 15 is 0 Å². The van der Waals surface area contributed by atoms with Gasteiger partial charge in [0.05, 0.1) is 13.7 Å².